The first-order valence-corrected chi connectivity index (χ1v) is 6.14. The summed E-state index contributed by atoms with van der Waals surface area (Å²) in [6.45, 7) is 1.41. The Morgan fingerprint density at radius 2 is 1.62 bits per heavy atom. The van der Waals surface area contributed by atoms with Crippen LogP contribution in [0.3, 0.4) is 0 Å². The molecule has 0 spiro atoms. The van der Waals surface area contributed by atoms with Crippen LogP contribution in [0.15, 0.2) is 42.5 Å². The predicted molar refractivity (Wildman–Crippen MR) is 71.5 cm³/mol. The number of ether oxygens (including phenoxy) is 1. The zero-order valence-corrected chi connectivity index (χ0v) is 11.1. The van der Waals surface area contributed by atoms with Gasteiger partial charge in [-0.1, -0.05) is 6.07 Å². The van der Waals surface area contributed by atoms with E-state index < -0.39 is 35.2 Å². The molecule has 0 radical (unpaired) electrons. The molecule has 1 atom stereocenters. The van der Waals surface area contributed by atoms with E-state index in [4.69, 9.17) is 4.74 Å². The summed E-state index contributed by atoms with van der Waals surface area (Å²) in [5, 5.41) is 2.12. The van der Waals surface area contributed by atoms with E-state index in [-0.39, 0.29) is 5.75 Å². The van der Waals surface area contributed by atoms with Crippen molar-refractivity contribution in [3.8, 4) is 5.75 Å². The maximum atomic E-state index is 13.4. The fourth-order valence-electron chi connectivity index (χ4n) is 1.61. The average molecular weight is 295 g/mol. The minimum Gasteiger partial charge on any atom is -0.481 e. The van der Waals surface area contributed by atoms with E-state index in [1.54, 1.807) is 0 Å². The molecule has 0 aliphatic carbocycles. The Bertz CT molecular complexity index is 624. The minimum atomic E-state index is -1.01. The highest BCUT2D eigenvalue weighted by atomic mass is 19.1. The predicted octanol–water partition coefficient (Wildman–Crippen LogP) is 3.51. The molecule has 0 aromatic heterocycles. The zero-order valence-electron chi connectivity index (χ0n) is 11.1. The van der Waals surface area contributed by atoms with Crippen molar-refractivity contribution in [2.75, 3.05) is 5.32 Å². The molecule has 3 nitrogen and oxygen atoms in total. The molecule has 0 heterocycles. The van der Waals surface area contributed by atoms with Gasteiger partial charge in [0.15, 0.2) is 6.10 Å². The summed E-state index contributed by atoms with van der Waals surface area (Å²) in [6.07, 6.45) is -1.01. The minimum absolute atomic E-state index is 0.271. The van der Waals surface area contributed by atoms with Gasteiger partial charge in [-0.2, -0.15) is 0 Å². The highest BCUT2D eigenvalue weighted by Gasteiger charge is 2.18. The summed E-state index contributed by atoms with van der Waals surface area (Å²) in [5.41, 5.74) is -0.531. The van der Waals surface area contributed by atoms with Gasteiger partial charge in [0.25, 0.3) is 5.91 Å². The largest absolute Gasteiger partial charge is 0.481 e. The van der Waals surface area contributed by atoms with Gasteiger partial charge >= 0.3 is 0 Å². The summed E-state index contributed by atoms with van der Waals surface area (Å²) >= 11 is 0. The molecule has 6 heteroatoms. The second kappa shape index (κ2) is 6.30. The molecule has 0 aliphatic rings. The molecular weight excluding hydrogens is 283 g/mol. The van der Waals surface area contributed by atoms with Crippen LogP contribution in [0.1, 0.15) is 6.92 Å². The van der Waals surface area contributed by atoms with Crippen LogP contribution in [0.2, 0.25) is 0 Å². The molecular formula is C15H12F3NO2. The number of amides is 1. The summed E-state index contributed by atoms with van der Waals surface area (Å²) in [5.74, 6) is -2.64. The Morgan fingerprint density at radius 1 is 1.05 bits per heavy atom. The number of hydrogen-bond acceptors (Lipinski definition) is 2. The number of nitrogens with one attached hydrogen (secondary N) is 1. The van der Waals surface area contributed by atoms with Gasteiger partial charge in [-0.3, -0.25) is 4.79 Å². The standard InChI is InChI=1S/C15H12F3NO2/c1-9(21-11-7-5-10(16)6-8-11)15(20)19-14-12(17)3-2-4-13(14)18/h2-9H,1H3,(H,19,20)/t9-/m0/s1. The van der Waals surface area contributed by atoms with Gasteiger partial charge in [0.2, 0.25) is 0 Å². The van der Waals surface area contributed by atoms with E-state index in [1.165, 1.54) is 37.3 Å². The van der Waals surface area contributed by atoms with E-state index in [1.807, 2.05) is 0 Å². The van der Waals surface area contributed by atoms with Gasteiger partial charge in [0.1, 0.15) is 28.9 Å². The lowest BCUT2D eigenvalue weighted by Crippen LogP contribution is -2.30. The summed E-state index contributed by atoms with van der Waals surface area (Å²) in [7, 11) is 0. The number of hydrogen-bond donors (Lipinski definition) is 1. The van der Waals surface area contributed by atoms with Gasteiger partial charge in [-0.05, 0) is 43.3 Å². The number of rotatable bonds is 4. The van der Waals surface area contributed by atoms with Crippen molar-refractivity contribution in [2.24, 2.45) is 0 Å². The Balaban J connectivity index is 2.04. The molecule has 0 aliphatic heterocycles. The molecule has 110 valence electrons. The first kappa shape index (κ1) is 14.9. The first-order chi connectivity index (χ1) is 9.97. The maximum Gasteiger partial charge on any atom is 0.265 e. The van der Waals surface area contributed by atoms with Gasteiger partial charge in [-0.25, -0.2) is 13.2 Å². The van der Waals surface area contributed by atoms with Crippen molar-refractivity contribution in [1.29, 1.82) is 0 Å². The Kier molecular flexibility index (Phi) is 4.47. The van der Waals surface area contributed by atoms with Crippen molar-refractivity contribution < 1.29 is 22.7 Å². The fraction of sp³-hybridized carbons (Fsp3) is 0.133. The summed E-state index contributed by atoms with van der Waals surface area (Å²) in [4.78, 5) is 11.8. The lowest BCUT2D eigenvalue weighted by atomic mass is 10.2. The highest BCUT2D eigenvalue weighted by molar-refractivity contribution is 5.94. The van der Waals surface area contributed by atoms with Crippen molar-refractivity contribution in [2.45, 2.75) is 13.0 Å². The third-order valence-corrected chi connectivity index (χ3v) is 2.71. The molecule has 2 rings (SSSR count). The monoisotopic (exact) mass is 295 g/mol. The van der Waals surface area contributed by atoms with Crippen LogP contribution >= 0.6 is 0 Å². The van der Waals surface area contributed by atoms with Gasteiger partial charge in [0, 0.05) is 0 Å². The van der Waals surface area contributed by atoms with E-state index >= 15 is 0 Å². The van der Waals surface area contributed by atoms with E-state index in [0.29, 0.717) is 0 Å². The Labute approximate surface area is 119 Å². The van der Waals surface area contributed by atoms with Crippen molar-refractivity contribution in [3.63, 3.8) is 0 Å². The molecule has 0 saturated carbocycles. The second-order valence-corrected chi connectivity index (χ2v) is 4.30. The number of carbonyl (C=O) groups is 1. The first-order valence-electron chi connectivity index (χ1n) is 6.14. The lowest BCUT2D eigenvalue weighted by Gasteiger charge is -2.15. The molecule has 2 aromatic rings. The van der Waals surface area contributed by atoms with Crippen LogP contribution in [0.25, 0.3) is 0 Å². The van der Waals surface area contributed by atoms with Crippen molar-refractivity contribution in [3.05, 3.63) is 59.9 Å². The van der Waals surface area contributed by atoms with Crippen LogP contribution in [0.4, 0.5) is 18.9 Å². The Hall–Kier alpha value is -2.50. The van der Waals surface area contributed by atoms with E-state index in [2.05, 4.69) is 5.32 Å². The summed E-state index contributed by atoms with van der Waals surface area (Å²) < 4.78 is 44.8. The van der Waals surface area contributed by atoms with Crippen molar-refractivity contribution >= 4 is 11.6 Å². The molecule has 1 amide bonds. The number of benzene rings is 2. The molecule has 1 N–H and O–H groups in total. The van der Waals surface area contributed by atoms with E-state index in [9.17, 15) is 18.0 Å². The summed E-state index contributed by atoms with van der Waals surface area (Å²) in [6, 6.07) is 8.31. The van der Waals surface area contributed by atoms with Crippen molar-refractivity contribution in [1.82, 2.24) is 0 Å². The lowest BCUT2D eigenvalue weighted by molar-refractivity contribution is -0.122. The van der Waals surface area contributed by atoms with Gasteiger partial charge in [0.05, 0.1) is 0 Å². The molecule has 2 aromatic carbocycles. The van der Waals surface area contributed by atoms with Crippen LogP contribution in [0, 0.1) is 17.5 Å². The normalized spacial score (nSPS) is 11.8. The Morgan fingerprint density at radius 3 is 2.19 bits per heavy atom. The van der Waals surface area contributed by atoms with E-state index in [0.717, 1.165) is 12.1 Å². The van der Waals surface area contributed by atoms with Gasteiger partial charge in [-0.15, -0.1) is 0 Å². The highest BCUT2D eigenvalue weighted by Crippen LogP contribution is 2.19. The van der Waals surface area contributed by atoms with Crippen LogP contribution in [-0.4, -0.2) is 12.0 Å². The number of anilines is 1. The zero-order chi connectivity index (χ0) is 15.4. The fourth-order valence-corrected chi connectivity index (χ4v) is 1.61. The number of halogens is 3. The molecule has 0 fully saturated rings. The molecule has 0 saturated heterocycles. The second-order valence-electron chi connectivity index (χ2n) is 4.30. The molecule has 21 heavy (non-hydrogen) atoms. The third-order valence-electron chi connectivity index (χ3n) is 2.71. The quantitative estimate of drug-likeness (QED) is 0.937. The molecule has 0 bridgehead atoms. The van der Waals surface area contributed by atoms with Crippen LogP contribution < -0.4 is 10.1 Å². The third kappa shape index (κ3) is 3.75. The smallest absolute Gasteiger partial charge is 0.265 e. The van der Waals surface area contributed by atoms with Gasteiger partial charge < -0.3 is 10.1 Å². The maximum absolute atomic E-state index is 13.4. The average Bonchev–Trinajstić information content (AvgIpc) is 2.45. The number of carbonyl (C=O) groups excluding carboxylic acids is 1. The topological polar surface area (TPSA) is 38.3 Å². The SMILES string of the molecule is C[C@H](Oc1ccc(F)cc1)C(=O)Nc1c(F)cccc1F. The molecule has 0 unspecified atom stereocenters. The van der Waals surface area contributed by atoms with Crippen LogP contribution in [-0.2, 0) is 4.79 Å². The number of para-hydroxylation sites is 1. The van der Waals surface area contributed by atoms with Crippen LogP contribution in [0.5, 0.6) is 5.75 Å².